The van der Waals surface area contributed by atoms with E-state index in [1.807, 2.05) is 0 Å². The Morgan fingerprint density at radius 3 is 2.41 bits per heavy atom. The molecule has 4 aromatic carbocycles. The molecule has 13 heteroatoms. The fourth-order valence-electron chi connectivity index (χ4n) is 3.75. The first-order valence-electron chi connectivity index (χ1n) is 11.1. The molecule has 0 saturated heterocycles. The molecular weight excluding hydrogens is 576 g/mol. The van der Waals surface area contributed by atoms with Crippen molar-refractivity contribution < 1.29 is 57.2 Å². The molecule has 0 aliphatic carbocycles. The second kappa shape index (κ2) is 12.6. The van der Waals surface area contributed by atoms with Crippen LogP contribution in [0.2, 0.25) is 10.0 Å². The van der Waals surface area contributed by atoms with E-state index in [0.29, 0.717) is 39.2 Å². The summed E-state index contributed by atoms with van der Waals surface area (Å²) in [6.45, 7) is 1.78. The Labute approximate surface area is 256 Å². The number of carbonyl (C=O) groups is 1. The summed E-state index contributed by atoms with van der Waals surface area (Å²) in [6, 6.07) is 15.4. The predicted molar refractivity (Wildman–Crippen MR) is 144 cm³/mol. The zero-order chi connectivity index (χ0) is 27.6. The molecule has 9 nitrogen and oxygen atoms in total. The van der Waals surface area contributed by atoms with Gasteiger partial charge in [-0.3, -0.25) is 9.35 Å². The van der Waals surface area contributed by atoms with Crippen LogP contribution in [0.5, 0.6) is 11.5 Å². The van der Waals surface area contributed by atoms with Crippen molar-refractivity contribution >= 4 is 67.1 Å². The van der Waals surface area contributed by atoms with E-state index in [2.05, 4.69) is 15.5 Å². The van der Waals surface area contributed by atoms with Gasteiger partial charge >= 0.3 is 29.6 Å². The van der Waals surface area contributed by atoms with Crippen molar-refractivity contribution in [1.29, 1.82) is 0 Å². The summed E-state index contributed by atoms with van der Waals surface area (Å²) in [6.07, 6.45) is 0.449. The number of methoxy groups -OCH3 is 1. The maximum atomic E-state index is 13.4. The van der Waals surface area contributed by atoms with Gasteiger partial charge in [0.2, 0.25) is 0 Å². The molecule has 0 radical (unpaired) electrons. The van der Waals surface area contributed by atoms with E-state index in [1.54, 1.807) is 37.3 Å². The molecule has 2 N–H and O–H groups in total. The number of hydrogen-bond donors (Lipinski definition) is 2. The zero-order valence-corrected chi connectivity index (χ0v) is 25.4. The quantitative estimate of drug-likeness (QED) is 0.189. The number of nitrogens with zero attached hydrogens (tertiary/aromatic N) is 2. The molecule has 0 saturated carbocycles. The number of aryl methyl sites for hydroxylation is 1. The Kier molecular flexibility index (Phi) is 10.0. The number of carbonyl (C=O) groups excluding carboxylic acids is 1. The zero-order valence-electron chi connectivity index (χ0n) is 21.0. The van der Waals surface area contributed by atoms with Gasteiger partial charge in [0.05, 0.1) is 17.8 Å². The summed E-state index contributed by atoms with van der Waals surface area (Å²) >= 11 is 12.3. The smallest absolute Gasteiger partial charge is 0.870 e. The Morgan fingerprint density at radius 2 is 1.74 bits per heavy atom. The van der Waals surface area contributed by atoms with E-state index in [1.165, 1.54) is 37.4 Å². The molecule has 0 bridgehead atoms. The predicted octanol–water partition coefficient (Wildman–Crippen LogP) is 3.71. The van der Waals surface area contributed by atoms with Gasteiger partial charge in [-0.1, -0.05) is 60.1 Å². The Bertz CT molecular complexity index is 1710. The third-order valence-corrected chi connectivity index (χ3v) is 6.98. The third-order valence-electron chi connectivity index (χ3n) is 5.61. The maximum absolute atomic E-state index is 13.4. The first-order valence-corrected chi connectivity index (χ1v) is 13.3. The van der Waals surface area contributed by atoms with Gasteiger partial charge in [-0.15, -0.1) is 5.11 Å². The topological polar surface area (TPSA) is 140 Å². The van der Waals surface area contributed by atoms with Gasteiger partial charge in [-0.25, -0.2) is 0 Å². The molecule has 4 aromatic rings. The van der Waals surface area contributed by atoms with Crippen molar-refractivity contribution in [2.75, 3.05) is 12.4 Å². The van der Waals surface area contributed by atoms with E-state index in [0.717, 1.165) is 0 Å². The van der Waals surface area contributed by atoms with Crippen LogP contribution in [0.3, 0.4) is 0 Å². The van der Waals surface area contributed by atoms with Gasteiger partial charge in [0.25, 0.3) is 16.0 Å². The molecule has 196 valence electrons. The summed E-state index contributed by atoms with van der Waals surface area (Å²) in [7, 11) is -3.27. The van der Waals surface area contributed by atoms with Crippen LogP contribution in [-0.2, 0) is 16.5 Å². The number of ether oxygens (including phenoxy) is 1. The molecular formula is C26H20Cl2N3NaO6S. The SMILES string of the molecule is CCc1cc(Cl)c(N=Nc2c([O-])c(C(=O)Nc3cc(Cl)cc(OC)c3)cc3ccccc23)c(S(=O)(=O)O)c1.[Na+]. The van der Waals surface area contributed by atoms with Crippen LogP contribution >= 0.6 is 23.2 Å². The number of amides is 1. The average Bonchev–Trinajstić information content (AvgIpc) is 2.87. The average molecular weight is 596 g/mol. The summed E-state index contributed by atoms with van der Waals surface area (Å²) in [5.41, 5.74) is 0.0622. The van der Waals surface area contributed by atoms with Gasteiger partial charge in [0.1, 0.15) is 16.3 Å². The number of azo groups is 1. The fourth-order valence-corrected chi connectivity index (χ4v) is 5.01. The molecule has 0 fully saturated rings. The van der Waals surface area contributed by atoms with Crippen LogP contribution in [-0.4, -0.2) is 26.0 Å². The van der Waals surface area contributed by atoms with Crippen LogP contribution in [0.4, 0.5) is 17.1 Å². The van der Waals surface area contributed by atoms with E-state index < -0.39 is 26.7 Å². The molecule has 1 amide bonds. The van der Waals surface area contributed by atoms with Crippen LogP contribution in [0, 0.1) is 0 Å². The minimum absolute atomic E-state index is 0. The summed E-state index contributed by atoms with van der Waals surface area (Å²) in [5.74, 6) is -1.08. The van der Waals surface area contributed by atoms with Crippen molar-refractivity contribution in [2.24, 2.45) is 10.2 Å². The van der Waals surface area contributed by atoms with Gasteiger partial charge in [-0.05, 0) is 47.7 Å². The number of nitrogens with one attached hydrogen (secondary N) is 1. The molecule has 0 heterocycles. The number of halogens is 2. The van der Waals surface area contributed by atoms with Gasteiger partial charge in [0, 0.05) is 27.7 Å². The van der Waals surface area contributed by atoms with Crippen molar-refractivity contribution in [3.05, 3.63) is 81.8 Å². The van der Waals surface area contributed by atoms with Crippen LogP contribution in [0.1, 0.15) is 22.8 Å². The van der Waals surface area contributed by atoms with E-state index in [9.17, 15) is 22.9 Å². The van der Waals surface area contributed by atoms with E-state index >= 15 is 0 Å². The van der Waals surface area contributed by atoms with E-state index in [-0.39, 0.29) is 51.5 Å². The molecule has 0 aromatic heterocycles. The second-order valence-electron chi connectivity index (χ2n) is 8.11. The van der Waals surface area contributed by atoms with Crippen molar-refractivity contribution in [1.82, 2.24) is 0 Å². The summed E-state index contributed by atoms with van der Waals surface area (Å²) < 4.78 is 38.9. The number of benzene rings is 4. The monoisotopic (exact) mass is 595 g/mol. The fraction of sp³-hybridized carbons (Fsp3) is 0.115. The Morgan fingerprint density at radius 1 is 1.05 bits per heavy atom. The first kappa shape index (κ1) is 30.8. The van der Waals surface area contributed by atoms with E-state index in [4.69, 9.17) is 27.9 Å². The molecule has 39 heavy (non-hydrogen) atoms. The third kappa shape index (κ3) is 6.90. The summed E-state index contributed by atoms with van der Waals surface area (Å²) in [5, 5.41) is 25.1. The van der Waals surface area contributed by atoms with Gasteiger partial charge in [-0.2, -0.15) is 13.5 Å². The van der Waals surface area contributed by atoms with Crippen molar-refractivity contribution in [3.8, 4) is 11.5 Å². The van der Waals surface area contributed by atoms with Gasteiger partial charge in [0.15, 0.2) is 0 Å². The molecule has 0 spiro atoms. The van der Waals surface area contributed by atoms with Crippen LogP contribution in [0.25, 0.3) is 10.8 Å². The standard InChI is InChI=1S/C26H21Cl2N3O6S.Na/c1-3-14-8-21(28)24(22(9-14)38(34,35)36)31-30-23-19-7-5-4-6-15(19)10-20(25(23)32)26(33)29-17-11-16(27)12-18(13-17)37-2;/h4-13,32H,3H2,1-2H3,(H,29,33)(H,34,35,36);/q;+1/p-1. The molecule has 0 unspecified atom stereocenters. The van der Waals surface area contributed by atoms with Crippen molar-refractivity contribution in [2.45, 2.75) is 18.2 Å². The normalized spacial score (nSPS) is 11.4. The molecule has 0 aliphatic heterocycles. The second-order valence-corrected chi connectivity index (χ2v) is 10.3. The minimum atomic E-state index is -4.71. The number of hydrogen-bond acceptors (Lipinski definition) is 7. The number of anilines is 1. The first-order chi connectivity index (χ1) is 18.0. The number of rotatable bonds is 7. The Balaban J connectivity index is 0.00000420. The minimum Gasteiger partial charge on any atom is -0.870 e. The largest absolute Gasteiger partial charge is 1.00 e. The van der Waals surface area contributed by atoms with Crippen molar-refractivity contribution in [3.63, 3.8) is 0 Å². The Hall–Kier alpha value is -2.70. The maximum Gasteiger partial charge on any atom is 1.00 e. The number of fused-ring (bicyclic) bond motifs is 1. The van der Waals surface area contributed by atoms with Gasteiger partial charge < -0.3 is 15.2 Å². The molecule has 0 atom stereocenters. The van der Waals surface area contributed by atoms with Crippen LogP contribution in [0.15, 0.2) is 75.8 Å². The van der Waals surface area contributed by atoms with Crippen LogP contribution < -0.4 is 44.7 Å². The summed E-state index contributed by atoms with van der Waals surface area (Å²) in [4.78, 5) is 12.6. The molecule has 0 aliphatic rings. The molecule has 4 rings (SSSR count).